The largest absolute Gasteiger partial charge is 0.386 e. The molecule has 0 spiro atoms. The molecule has 1 heterocycles. The lowest BCUT2D eigenvalue weighted by molar-refractivity contribution is 0.0953. The lowest BCUT2D eigenvalue weighted by Gasteiger charge is -2.09. The Hall–Kier alpha value is -1.58. The number of nitrogens with zero attached hydrogens (tertiary/aromatic N) is 1. The second-order valence-electron chi connectivity index (χ2n) is 5.52. The Kier molecular flexibility index (Phi) is 7.70. The number of pyridine rings is 1. The minimum absolute atomic E-state index is 0.0288. The smallest absolute Gasteiger partial charge is 0.253 e. The van der Waals surface area contributed by atoms with Crippen LogP contribution in [0.3, 0.4) is 0 Å². The van der Waals surface area contributed by atoms with Gasteiger partial charge >= 0.3 is 0 Å². The molecule has 0 aliphatic rings. The normalized spacial score (nSPS) is 10.6. The van der Waals surface area contributed by atoms with Crippen molar-refractivity contribution in [3.8, 4) is 0 Å². The van der Waals surface area contributed by atoms with Gasteiger partial charge in [0.1, 0.15) is 0 Å². The summed E-state index contributed by atoms with van der Waals surface area (Å²) in [4.78, 5) is 16.0. The molecule has 0 aliphatic carbocycles. The molecule has 0 unspecified atom stereocenters. The third-order valence-electron chi connectivity index (χ3n) is 3.33. The highest BCUT2D eigenvalue weighted by Gasteiger charge is 2.09. The van der Waals surface area contributed by atoms with Crippen LogP contribution >= 0.6 is 0 Å². The van der Waals surface area contributed by atoms with E-state index in [1.165, 1.54) is 25.7 Å². The fourth-order valence-electron chi connectivity index (χ4n) is 2.12. The maximum absolute atomic E-state index is 12.0. The van der Waals surface area contributed by atoms with E-state index in [0.29, 0.717) is 5.56 Å². The van der Waals surface area contributed by atoms with Gasteiger partial charge in [-0.3, -0.25) is 9.78 Å². The van der Waals surface area contributed by atoms with Crippen LogP contribution in [-0.2, 0) is 0 Å². The van der Waals surface area contributed by atoms with E-state index in [9.17, 15) is 4.79 Å². The molecular weight excluding hydrogens is 250 g/mol. The van der Waals surface area contributed by atoms with Crippen LogP contribution in [0.4, 0.5) is 5.69 Å². The van der Waals surface area contributed by atoms with Crippen LogP contribution in [0, 0.1) is 5.92 Å². The molecule has 0 aromatic carbocycles. The third kappa shape index (κ3) is 6.04. The molecule has 1 amide bonds. The molecule has 1 aromatic rings. The van der Waals surface area contributed by atoms with Gasteiger partial charge in [0.15, 0.2) is 0 Å². The molecular formula is C16H27N3O. The predicted octanol–water partition coefficient (Wildman–Crippen LogP) is 3.46. The monoisotopic (exact) mass is 277 g/mol. The Bertz CT molecular complexity index is 404. The van der Waals surface area contributed by atoms with Gasteiger partial charge in [0.2, 0.25) is 0 Å². The van der Waals surface area contributed by atoms with Gasteiger partial charge < -0.3 is 10.6 Å². The lowest BCUT2D eigenvalue weighted by atomic mass is 10.0. The van der Waals surface area contributed by atoms with E-state index in [1.54, 1.807) is 25.5 Å². The van der Waals surface area contributed by atoms with E-state index in [-0.39, 0.29) is 5.91 Å². The fraction of sp³-hybridized carbons (Fsp3) is 0.625. The number of carbonyl (C=O) groups excluding carboxylic acids is 1. The van der Waals surface area contributed by atoms with E-state index in [0.717, 1.165) is 24.6 Å². The summed E-state index contributed by atoms with van der Waals surface area (Å²) in [6.07, 6.45) is 9.38. The summed E-state index contributed by atoms with van der Waals surface area (Å²) in [5.41, 5.74) is 1.42. The van der Waals surface area contributed by atoms with Crippen LogP contribution in [0.1, 0.15) is 56.3 Å². The Morgan fingerprint density at radius 2 is 2.00 bits per heavy atom. The van der Waals surface area contributed by atoms with Crippen molar-refractivity contribution in [3.63, 3.8) is 0 Å². The van der Waals surface area contributed by atoms with Gasteiger partial charge in [-0.05, 0) is 18.4 Å². The van der Waals surface area contributed by atoms with Gasteiger partial charge in [0, 0.05) is 19.8 Å². The van der Waals surface area contributed by atoms with E-state index in [1.807, 2.05) is 0 Å². The summed E-state index contributed by atoms with van der Waals surface area (Å²) < 4.78 is 0. The molecule has 20 heavy (non-hydrogen) atoms. The minimum atomic E-state index is -0.0288. The first kappa shape index (κ1) is 16.5. The molecule has 0 saturated heterocycles. The Morgan fingerprint density at radius 1 is 1.25 bits per heavy atom. The van der Waals surface area contributed by atoms with Crippen LogP contribution in [0.2, 0.25) is 0 Å². The van der Waals surface area contributed by atoms with E-state index >= 15 is 0 Å². The summed E-state index contributed by atoms with van der Waals surface area (Å²) in [6, 6.07) is 1.74. The first-order valence-corrected chi connectivity index (χ1v) is 7.55. The van der Waals surface area contributed by atoms with E-state index in [4.69, 9.17) is 0 Å². The molecule has 0 atom stereocenters. The van der Waals surface area contributed by atoms with Crippen LogP contribution in [0.5, 0.6) is 0 Å². The van der Waals surface area contributed by atoms with Crippen molar-refractivity contribution in [2.75, 3.05) is 18.9 Å². The predicted molar refractivity (Wildman–Crippen MR) is 84.0 cm³/mol. The number of hydrogen-bond acceptors (Lipinski definition) is 3. The summed E-state index contributed by atoms with van der Waals surface area (Å²) >= 11 is 0. The number of hydrogen-bond donors (Lipinski definition) is 2. The molecule has 1 aromatic heterocycles. The first-order chi connectivity index (χ1) is 9.65. The van der Waals surface area contributed by atoms with Gasteiger partial charge in [-0.25, -0.2) is 0 Å². The molecule has 4 nitrogen and oxygen atoms in total. The highest BCUT2D eigenvalue weighted by atomic mass is 16.1. The second-order valence-corrected chi connectivity index (χ2v) is 5.52. The van der Waals surface area contributed by atoms with Crippen molar-refractivity contribution >= 4 is 11.6 Å². The Morgan fingerprint density at radius 3 is 2.70 bits per heavy atom. The standard InChI is InChI=1S/C16H27N3O/c1-13(2)8-6-4-5-7-10-19-16(20)14-9-11-18-12-15(14)17-3/h9,11-13,17H,4-8,10H2,1-3H3,(H,19,20). The molecule has 112 valence electrons. The zero-order valence-electron chi connectivity index (χ0n) is 12.9. The van der Waals surface area contributed by atoms with Crippen molar-refractivity contribution in [1.29, 1.82) is 0 Å². The number of carbonyl (C=O) groups is 1. The molecule has 0 bridgehead atoms. The lowest BCUT2D eigenvalue weighted by Crippen LogP contribution is -2.25. The van der Waals surface area contributed by atoms with Gasteiger partial charge in [0.25, 0.3) is 5.91 Å². The molecule has 2 N–H and O–H groups in total. The maximum Gasteiger partial charge on any atom is 0.253 e. The quantitative estimate of drug-likeness (QED) is 0.680. The van der Waals surface area contributed by atoms with Crippen molar-refractivity contribution in [1.82, 2.24) is 10.3 Å². The number of rotatable bonds is 9. The van der Waals surface area contributed by atoms with Gasteiger partial charge in [-0.1, -0.05) is 39.5 Å². The van der Waals surface area contributed by atoms with Crippen LogP contribution in [0.25, 0.3) is 0 Å². The third-order valence-corrected chi connectivity index (χ3v) is 3.33. The highest BCUT2D eigenvalue weighted by Crippen LogP contribution is 2.12. The van der Waals surface area contributed by atoms with Crippen molar-refractivity contribution in [2.24, 2.45) is 5.92 Å². The van der Waals surface area contributed by atoms with E-state index < -0.39 is 0 Å². The molecule has 4 heteroatoms. The molecule has 0 fully saturated rings. The average molecular weight is 277 g/mol. The number of unbranched alkanes of at least 4 members (excludes halogenated alkanes) is 3. The summed E-state index contributed by atoms with van der Waals surface area (Å²) in [5, 5.41) is 5.95. The van der Waals surface area contributed by atoms with Crippen LogP contribution in [-0.4, -0.2) is 24.5 Å². The second kappa shape index (κ2) is 9.34. The van der Waals surface area contributed by atoms with Crippen LogP contribution in [0.15, 0.2) is 18.5 Å². The minimum Gasteiger partial charge on any atom is -0.386 e. The number of nitrogens with one attached hydrogen (secondary N) is 2. The van der Waals surface area contributed by atoms with Gasteiger partial charge in [0.05, 0.1) is 17.4 Å². The van der Waals surface area contributed by atoms with Gasteiger partial charge in [-0.2, -0.15) is 0 Å². The Labute approximate surface area is 122 Å². The summed E-state index contributed by atoms with van der Waals surface area (Å²) in [7, 11) is 1.79. The van der Waals surface area contributed by atoms with Crippen molar-refractivity contribution < 1.29 is 4.79 Å². The van der Waals surface area contributed by atoms with Crippen LogP contribution < -0.4 is 10.6 Å². The van der Waals surface area contributed by atoms with Gasteiger partial charge in [-0.15, -0.1) is 0 Å². The number of anilines is 1. The summed E-state index contributed by atoms with van der Waals surface area (Å²) in [6.45, 7) is 5.26. The molecule has 0 radical (unpaired) electrons. The fourth-order valence-corrected chi connectivity index (χ4v) is 2.12. The topological polar surface area (TPSA) is 54.0 Å². The summed E-state index contributed by atoms with van der Waals surface area (Å²) in [5.74, 6) is 0.764. The number of aromatic nitrogens is 1. The van der Waals surface area contributed by atoms with Crippen molar-refractivity contribution in [2.45, 2.75) is 46.0 Å². The number of amides is 1. The zero-order chi connectivity index (χ0) is 14.8. The Balaban J connectivity index is 2.20. The van der Waals surface area contributed by atoms with Crippen molar-refractivity contribution in [3.05, 3.63) is 24.0 Å². The van der Waals surface area contributed by atoms with E-state index in [2.05, 4.69) is 29.5 Å². The molecule has 0 aliphatic heterocycles. The zero-order valence-corrected chi connectivity index (χ0v) is 12.9. The highest BCUT2D eigenvalue weighted by molar-refractivity contribution is 5.99. The average Bonchev–Trinajstić information content (AvgIpc) is 2.45. The molecule has 1 rings (SSSR count). The maximum atomic E-state index is 12.0. The SMILES string of the molecule is CNc1cnccc1C(=O)NCCCCCCC(C)C. The molecule has 0 saturated carbocycles. The first-order valence-electron chi connectivity index (χ1n) is 7.55.